The predicted octanol–water partition coefficient (Wildman–Crippen LogP) is 2.04. The third-order valence-corrected chi connectivity index (χ3v) is 1.80. The summed E-state index contributed by atoms with van der Waals surface area (Å²) in [6, 6.07) is 3.34. The van der Waals surface area contributed by atoms with E-state index in [-0.39, 0.29) is 5.97 Å². The molecule has 1 aromatic rings. The summed E-state index contributed by atoms with van der Waals surface area (Å²) in [6.07, 6.45) is 14.6. The molecule has 0 aromatic carbocycles. The molecule has 1 aliphatic heterocycles. The molecule has 4 nitrogen and oxygen atoms in total. The minimum Gasteiger partial charge on any atom is -0.465 e. The van der Waals surface area contributed by atoms with Gasteiger partial charge in [0, 0.05) is 24.8 Å². The molecule has 0 atom stereocenters. The Labute approximate surface area is 100 Å². The molecule has 0 spiro atoms. The van der Waals surface area contributed by atoms with Crippen molar-refractivity contribution in [3.05, 3.63) is 66.8 Å². The van der Waals surface area contributed by atoms with Crippen molar-refractivity contribution < 1.29 is 9.53 Å². The Morgan fingerprint density at radius 1 is 1.24 bits per heavy atom. The number of carbonyl (C=O) groups excluding carboxylic acids is 1. The molecule has 0 unspecified atom stereocenters. The Morgan fingerprint density at radius 3 is 2.47 bits per heavy atom. The van der Waals surface area contributed by atoms with Gasteiger partial charge in [-0.2, -0.15) is 0 Å². The zero-order valence-electron chi connectivity index (χ0n) is 9.54. The van der Waals surface area contributed by atoms with Crippen LogP contribution in [0.25, 0.3) is 0 Å². The number of hydrogen-bond donors (Lipinski definition) is 1. The maximum Gasteiger partial charge on any atom is 0.339 e. The highest BCUT2D eigenvalue weighted by atomic mass is 16.5. The van der Waals surface area contributed by atoms with E-state index in [1.54, 1.807) is 18.3 Å². The molecule has 1 N–H and O–H groups in total. The molecule has 17 heavy (non-hydrogen) atoms. The first-order valence-corrected chi connectivity index (χ1v) is 5.07. The van der Waals surface area contributed by atoms with E-state index >= 15 is 0 Å². The van der Waals surface area contributed by atoms with Crippen molar-refractivity contribution in [3.8, 4) is 0 Å². The number of esters is 1. The molecule has 1 aromatic heterocycles. The van der Waals surface area contributed by atoms with Crippen LogP contribution in [0.2, 0.25) is 0 Å². The molecule has 0 saturated carbocycles. The van der Waals surface area contributed by atoms with Gasteiger partial charge in [0.15, 0.2) is 0 Å². The van der Waals surface area contributed by atoms with E-state index in [1.165, 1.54) is 13.3 Å². The quantitative estimate of drug-likeness (QED) is 0.750. The number of ether oxygens (including phenoxy) is 1. The van der Waals surface area contributed by atoms with Gasteiger partial charge in [0.25, 0.3) is 0 Å². The van der Waals surface area contributed by atoms with Crippen molar-refractivity contribution >= 4 is 5.97 Å². The third-order valence-electron chi connectivity index (χ3n) is 1.80. The number of rotatable bonds is 1. The maximum atomic E-state index is 10.8. The molecule has 88 valence electrons. The van der Waals surface area contributed by atoms with Crippen LogP contribution in [0, 0.1) is 0 Å². The van der Waals surface area contributed by atoms with E-state index in [0.29, 0.717) is 5.56 Å². The van der Waals surface area contributed by atoms with Crippen molar-refractivity contribution in [2.45, 2.75) is 0 Å². The first-order valence-electron chi connectivity index (χ1n) is 5.07. The van der Waals surface area contributed by atoms with Crippen molar-refractivity contribution in [2.75, 3.05) is 7.11 Å². The van der Waals surface area contributed by atoms with Crippen LogP contribution in [0.15, 0.2) is 61.2 Å². The minimum atomic E-state index is -0.354. The second kappa shape index (κ2) is 7.87. The summed E-state index contributed by atoms with van der Waals surface area (Å²) in [5.74, 6) is -0.354. The largest absolute Gasteiger partial charge is 0.465 e. The number of methoxy groups -OCH3 is 1. The number of hydrogen-bond acceptors (Lipinski definition) is 4. The average molecular weight is 230 g/mol. The molecule has 1 aliphatic rings. The number of nitrogens with zero attached hydrogens (tertiary/aromatic N) is 1. The molecule has 0 bridgehead atoms. The smallest absolute Gasteiger partial charge is 0.339 e. The maximum absolute atomic E-state index is 10.8. The normalized spacial score (nSPS) is 11.8. The van der Waals surface area contributed by atoms with Gasteiger partial charge >= 0.3 is 5.97 Å². The Hall–Kier alpha value is -2.36. The lowest BCUT2D eigenvalue weighted by atomic mass is 10.3. The Balaban J connectivity index is 0.000000181. The third kappa shape index (κ3) is 5.32. The van der Waals surface area contributed by atoms with Gasteiger partial charge in [-0.05, 0) is 24.3 Å². The fraction of sp³-hybridized carbons (Fsp3) is 0.0769. The zero-order chi connectivity index (χ0) is 12.3. The summed E-state index contributed by atoms with van der Waals surface area (Å²) in [7, 11) is 1.34. The summed E-state index contributed by atoms with van der Waals surface area (Å²) in [6.45, 7) is 0. The fourth-order valence-corrected chi connectivity index (χ4v) is 1.01. The Kier molecular flexibility index (Phi) is 5.88. The topological polar surface area (TPSA) is 51.2 Å². The highest BCUT2D eigenvalue weighted by molar-refractivity contribution is 5.88. The fourth-order valence-electron chi connectivity index (χ4n) is 1.01. The van der Waals surface area contributed by atoms with E-state index in [9.17, 15) is 4.79 Å². The second-order valence-electron chi connectivity index (χ2n) is 3.00. The van der Waals surface area contributed by atoms with Crippen molar-refractivity contribution in [1.29, 1.82) is 0 Å². The Bertz CT molecular complexity index is 408. The van der Waals surface area contributed by atoms with Gasteiger partial charge in [0.2, 0.25) is 0 Å². The molecule has 0 aliphatic carbocycles. The van der Waals surface area contributed by atoms with Crippen LogP contribution in [-0.2, 0) is 4.74 Å². The number of aromatic nitrogens is 1. The molecular formula is C13H14N2O2. The molecule has 4 heteroatoms. The SMILES string of the molecule is C1=CC=CNC=C1.COC(=O)c1cccnc1. The van der Waals surface area contributed by atoms with E-state index in [1.807, 2.05) is 36.7 Å². The second-order valence-corrected chi connectivity index (χ2v) is 3.00. The van der Waals surface area contributed by atoms with E-state index in [4.69, 9.17) is 0 Å². The summed E-state index contributed by atoms with van der Waals surface area (Å²) in [5.41, 5.74) is 0.477. The molecule has 0 radical (unpaired) electrons. The van der Waals surface area contributed by atoms with Gasteiger partial charge in [-0.25, -0.2) is 4.79 Å². The summed E-state index contributed by atoms with van der Waals surface area (Å²) < 4.78 is 4.46. The summed E-state index contributed by atoms with van der Waals surface area (Å²) in [5, 5.41) is 2.92. The van der Waals surface area contributed by atoms with Crippen LogP contribution < -0.4 is 5.32 Å². The van der Waals surface area contributed by atoms with E-state index < -0.39 is 0 Å². The van der Waals surface area contributed by atoms with Crippen LogP contribution in [-0.4, -0.2) is 18.1 Å². The molecule has 0 fully saturated rings. The lowest BCUT2D eigenvalue weighted by molar-refractivity contribution is 0.0600. The van der Waals surface area contributed by atoms with Gasteiger partial charge in [-0.15, -0.1) is 0 Å². The molecule has 0 saturated heterocycles. The van der Waals surface area contributed by atoms with Crippen molar-refractivity contribution in [1.82, 2.24) is 10.3 Å². The minimum absolute atomic E-state index is 0.354. The molecule has 2 rings (SSSR count). The van der Waals surface area contributed by atoms with Gasteiger partial charge in [-0.3, -0.25) is 4.98 Å². The summed E-state index contributed by atoms with van der Waals surface area (Å²) in [4.78, 5) is 14.5. The van der Waals surface area contributed by atoms with E-state index in [0.717, 1.165) is 0 Å². The van der Waals surface area contributed by atoms with Gasteiger partial charge in [0.05, 0.1) is 12.7 Å². The standard InChI is InChI=1S/C7H7NO2.C6H7N/c1-10-7(9)6-3-2-4-8-5-6;1-2-4-6-7-5-3-1/h2-5H,1H3;1-7H. The number of pyridine rings is 1. The van der Waals surface area contributed by atoms with Crippen molar-refractivity contribution in [3.63, 3.8) is 0 Å². The van der Waals surface area contributed by atoms with Crippen LogP contribution in [0.4, 0.5) is 0 Å². The molecular weight excluding hydrogens is 216 g/mol. The monoisotopic (exact) mass is 230 g/mol. The van der Waals surface area contributed by atoms with Gasteiger partial charge < -0.3 is 10.1 Å². The predicted molar refractivity (Wildman–Crippen MR) is 66.1 cm³/mol. The Morgan fingerprint density at radius 2 is 1.94 bits per heavy atom. The lowest BCUT2D eigenvalue weighted by Gasteiger charge is -1.94. The average Bonchev–Trinajstić information content (AvgIpc) is 2.72. The molecule has 2 heterocycles. The van der Waals surface area contributed by atoms with Crippen LogP contribution in [0.1, 0.15) is 10.4 Å². The van der Waals surface area contributed by atoms with Crippen LogP contribution in [0.3, 0.4) is 0 Å². The lowest BCUT2D eigenvalue weighted by Crippen LogP contribution is -2.00. The molecule has 0 amide bonds. The van der Waals surface area contributed by atoms with E-state index in [2.05, 4.69) is 15.0 Å². The highest BCUT2D eigenvalue weighted by Crippen LogP contribution is 1.96. The van der Waals surface area contributed by atoms with Crippen LogP contribution in [0.5, 0.6) is 0 Å². The van der Waals surface area contributed by atoms with Crippen molar-refractivity contribution in [2.24, 2.45) is 0 Å². The summed E-state index contributed by atoms with van der Waals surface area (Å²) >= 11 is 0. The van der Waals surface area contributed by atoms with Gasteiger partial charge in [-0.1, -0.05) is 12.2 Å². The van der Waals surface area contributed by atoms with Gasteiger partial charge in [0.1, 0.15) is 0 Å². The number of carbonyl (C=O) groups is 1. The number of allylic oxidation sites excluding steroid dienone is 4. The number of nitrogens with one attached hydrogen (secondary N) is 1. The zero-order valence-corrected chi connectivity index (χ0v) is 9.54. The first-order chi connectivity index (χ1) is 8.34. The first kappa shape index (κ1) is 12.7. The van der Waals surface area contributed by atoms with Crippen LogP contribution >= 0.6 is 0 Å². The highest BCUT2D eigenvalue weighted by Gasteiger charge is 2.01.